The van der Waals surface area contributed by atoms with Gasteiger partial charge in [0.1, 0.15) is 0 Å². The van der Waals surface area contributed by atoms with Crippen LogP contribution in [0.2, 0.25) is 5.02 Å². The molecule has 0 saturated heterocycles. The van der Waals surface area contributed by atoms with Crippen LogP contribution in [0.3, 0.4) is 0 Å². The van der Waals surface area contributed by atoms with E-state index in [1.54, 1.807) is 0 Å². The van der Waals surface area contributed by atoms with E-state index >= 15 is 0 Å². The molecule has 136 valence electrons. The number of thiazole rings is 1. The van der Waals surface area contributed by atoms with Crippen LogP contribution in [-0.2, 0) is 14.8 Å². The van der Waals surface area contributed by atoms with E-state index in [1.807, 2.05) is 25.1 Å². The zero-order chi connectivity index (χ0) is 18.9. The molecule has 2 aromatic carbocycles. The summed E-state index contributed by atoms with van der Waals surface area (Å²) in [6, 6.07) is 11.6. The number of anilines is 1. The van der Waals surface area contributed by atoms with Gasteiger partial charge in [0.05, 0.1) is 21.7 Å². The number of aryl methyl sites for hydroxylation is 1. The van der Waals surface area contributed by atoms with Crippen LogP contribution in [0, 0.1) is 6.92 Å². The lowest BCUT2D eigenvalue weighted by Crippen LogP contribution is -2.34. The molecule has 0 saturated carbocycles. The molecule has 0 bridgehead atoms. The molecule has 0 aliphatic rings. The molecule has 0 spiro atoms. The first kappa shape index (κ1) is 18.8. The molecule has 0 aliphatic heterocycles. The van der Waals surface area contributed by atoms with Crippen molar-refractivity contribution in [2.45, 2.75) is 11.8 Å². The topological polar surface area (TPSA) is 79.4 Å². The van der Waals surface area contributed by atoms with Crippen LogP contribution in [0.1, 0.15) is 5.56 Å². The van der Waals surface area contributed by atoms with Crippen molar-refractivity contribution in [3.8, 4) is 0 Å². The average molecular weight is 410 g/mol. The molecule has 6 nitrogen and oxygen atoms in total. The number of likely N-dealkylation sites (N-methyl/N-ethyl adjacent to an activating group) is 1. The van der Waals surface area contributed by atoms with Gasteiger partial charge in [-0.1, -0.05) is 29.0 Å². The number of carbonyl (C=O) groups excluding carboxylic acids is 1. The molecule has 3 aromatic rings. The highest BCUT2D eigenvalue weighted by Gasteiger charge is 2.23. The fraction of sp³-hybridized carbons (Fsp3) is 0.176. The number of sulfonamides is 1. The summed E-state index contributed by atoms with van der Waals surface area (Å²) < 4.78 is 26.9. The molecule has 0 atom stereocenters. The summed E-state index contributed by atoms with van der Waals surface area (Å²) in [6.07, 6.45) is 0. The first-order valence-electron chi connectivity index (χ1n) is 7.64. The molecule has 0 fully saturated rings. The standard InChI is InChI=1S/C17H16ClN3O3S2/c1-11-3-8-14-15(9-11)25-17(19-14)20-16(22)10-21(2)26(23,24)13-6-4-12(18)5-7-13/h3-9H,10H2,1-2H3,(H,19,20,22). The van der Waals surface area contributed by atoms with Crippen LogP contribution in [0.25, 0.3) is 10.2 Å². The van der Waals surface area contributed by atoms with Crippen molar-refractivity contribution in [3.05, 3.63) is 53.1 Å². The highest BCUT2D eigenvalue weighted by Crippen LogP contribution is 2.26. The maximum atomic E-state index is 12.5. The lowest BCUT2D eigenvalue weighted by atomic mass is 10.2. The van der Waals surface area contributed by atoms with Crippen LogP contribution >= 0.6 is 22.9 Å². The summed E-state index contributed by atoms with van der Waals surface area (Å²) in [6.45, 7) is 1.66. The average Bonchev–Trinajstić information content (AvgIpc) is 2.96. The van der Waals surface area contributed by atoms with E-state index in [1.165, 1.54) is 42.6 Å². The van der Waals surface area contributed by atoms with E-state index in [2.05, 4.69) is 10.3 Å². The summed E-state index contributed by atoms with van der Waals surface area (Å²) in [5, 5.41) is 3.53. The van der Waals surface area contributed by atoms with Crippen molar-refractivity contribution in [3.63, 3.8) is 0 Å². The second-order valence-corrected chi connectivity index (χ2v) is 9.27. The Morgan fingerprint density at radius 3 is 2.62 bits per heavy atom. The minimum atomic E-state index is -3.78. The van der Waals surface area contributed by atoms with Gasteiger partial charge >= 0.3 is 0 Å². The smallest absolute Gasteiger partial charge is 0.243 e. The molecule has 1 amide bonds. The normalized spacial score (nSPS) is 11.8. The Hall–Kier alpha value is -2.00. The van der Waals surface area contributed by atoms with Gasteiger partial charge in [0.15, 0.2) is 5.13 Å². The minimum Gasteiger partial charge on any atom is -0.301 e. The van der Waals surface area contributed by atoms with Crippen LogP contribution in [0.4, 0.5) is 5.13 Å². The molecule has 1 N–H and O–H groups in total. The number of benzene rings is 2. The number of hydrogen-bond acceptors (Lipinski definition) is 5. The predicted molar refractivity (Wildman–Crippen MR) is 104 cm³/mol. The predicted octanol–water partition coefficient (Wildman–Crippen LogP) is 3.52. The highest BCUT2D eigenvalue weighted by atomic mass is 35.5. The van der Waals surface area contributed by atoms with Gasteiger partial charge in [0.2, 0.25) is 15.9 Å². The summed E-state index contributed by atoms with van der Waals surface area (Å²) in [4.78, 5) is 16.6. The zero-order valence-corrected chi connectivity index (χ0v) is 16.5. The summed E-state index contributed by atoms with van der Waals surface area (Å²) in [5.74, 6) is -0.458. The van der Waals surface area contributed by atoms with Crippen molar-refractivity contribution in [2.24, 2.45) is 0 Å². The van der Waals surface area contributed by atoms with Gasteiger partial charge in [-0.05, 0) is 48.9 Å². The Bertz CT molecular complexity index is 1060. The van der Waals surface area contributed by atoms with Crippen molar-refractivity contribution >= 4 is 54.2 Å². The van der Waals surface area contributed by atoms with E-state index in [0.717, 1.165) is 20.1 Å². The fourth-order valence-electron chi connectivity index (χ4n) is 2.32. The molecule has 1 heterocycles. The summed E-state index contributed by atoms with van der Waals surface area (Å²) in [5.41, 5.74) is 1.89. The third-order valence-corrected chi connectivity index (χ3v) is 6.68. The van der Waals surface area contributed by atoms with Crippen LogP contribution < -0.4 is 5.32 Å². The Balaban J connectivity index is 1.71. The Morgan fingerprint density at radius 2 is 1.92 bits per heavy atom. The molecule has 0 radical (unpaired) electrons. The number of rotatable bonds is 5. The molecule has 26 heavy (non-hydrogen) atoms. The molecular weight excluding hydrogens is 394 g/mol. The van der Waals surface area contributed by atoms with Crippen LogP contribution in [-0.4, -0.2) is 37.2 Å². The van der Waals surface area contributed by atoms with Crippen molar-refractivity contribution in [1.29, 1.82) is 0 Å². The second-order valence-electron chi connectivity index (χ2n) is 5.75. The SMILES string of the molecule is Cc1ccc2nc(NC(=O)CN(C)S(=O)(=O)c3ccc(Cl)cc3)sc2c1. The first-order valence-corrected chi connectivity index (χ1v) is 10.3. The van der Waals surface area contributed by atoms with Gasteiger partial charge < -0.3 is 5.32 Å². The third-order valence-electron chi connectivity index (χ3n) is 3.68. The van der Waals surface area contributed by atoms with Crippen molar-refractivity contribution in [2.75, 3.05) is 18.9 Å². The van der Waals surface area contributed by atoms with Crippen molar-refractivity contribution in [1.82, 2.24) is 9.29 Å². The number of halogens is 1. The number of aromatic nitrogens is 1. The number of nitrogens with one attached hydrogen (secondary N) is 1. The molecule has 0 unspecified atom stereocenters. The van der Waals surface area contributed by atoms with Crippen LogP contribution in [0.15, 0.2) is 47.4 Å². The molecule has 3 rings (SSSR count). The summed E-state index contributed by atoms with van der Waals surface area (Å²) >= 11 is 7.13. The van der Waals surface area contributed by atoms with E-state index in [4.69, 9.17) is 11.6 Å². The van der Waals surface area contributed by atoms with Gasteiger partial charge in [-0.2, -0.15) is 4.31 Å². The van der Waals surface area contributed by atoms with Gasteiger partial charge in [-0.3, -0.25) is 4.79 Å². The number of fused-ring (bicyclic) bond motifs is 1. The van der Waals surface area contributed by atoms with Crippen LogP contribution in [0.5, 0.6) is 0 Å². The number of hydrogen-bond donors (Lipinski definition) is 1. The quantitative estimate of drug-likeness (QED) is 0.699. The highest BCUT2D eigenvalue weighted by molar-refractivity contribution is 7.89. The summed E-state index contributed by atoms with van der Waals surface area (Å²) in [7, 11) is -2.42. The lowest BCUT2D eigenvalue weighted by molar-refractivity contribution is -0.116. The molecule has 9 heteroatoms. The number of amides is 1. The maximum absolute atomic E-state index is 12.5. The Kier molecular flexibility index (Phi) is 5.29. The van der Waals surface area contributed by atoms with E-state index in [-0.39, 0.29) is 11.4 Å². The van der Waals surface area contributed by atoms with E-state index < -0.39 is 15.9 Å². The molecular formula is C17H16ClN3O3S2. The first-order chi connectivity index (χ1) is 12.3. The Labute approximate surface area is 160 Å². The Morgan fingerprint density at radius 1 is 1.23 bits per heavy atom. The van der Waals surface area contributed by atoms with E-state index in [9.17, 15) is 13.2 Å². The lowest BCUT2D eigenvalue weighted by Gasteiger charge is -2.16. The van der Waals surface area contributed by atoms with Gasteiger partial charge in [0.25, 0.3) is 0 Å². The maximum Gasteiger partial charge on any atom is 0.243 e. The zero-order valence-electron chi connectivity index (χ0n) is 14.1. The third kappa shape index (κ3) is 4.04. The second kappa shape index (κ2) is 7.32. The molecule has 1 aromatic heterocycles. The monoisotopic (exact) mass is 409 g/mol. The van der Waals surface area contributed by atoms with Gasteiger partial charge in [0, 0.05) is 12.1 Å². The number of nitrogens with zero attached hydrogens (tertiary/aromatic N) is 2. The van der Waals surface area contributed by atoms with Crippen molar-refractivity contribution < 1.29 is 13.2 Å². The minimum absolute atomic E-state index is 0.0765. The van der Waals surface area contributed by atoms with Gasteiger partial charge in [-0.25, -0.2) is 13.4 Å². The van der Waals surface area contributed by atoms with Gasteiger partial charge in [-0.15, -0.1) is 0 Å². The largest absolute Gasteiger partial charge is 0.301 e. The fourth-order valence-corrected chi connectivity index (χ4v) is 4.55. The van der Waals surface area contributed by atoms with E-state index in [0.29, 0.717) is 10.2 Å². The number of carbonyl (C=O) groups is 1. The molecule has 0 aliphatic carbocycles.